The second-order valence-electron chi connectivity index (χ2n) is 7.47. The maximum absolute atomic E-state index is 13.3. The van der Waals surface area contributed by atoms with Crippen molar-refractivity contribution in [3.8, 4) is 5.69 Å². The molecule has 2 heterocycles. The highest BCUT2D eigenvalue weighted by molar-refractivity contribution is 5.92. The third-order valence-corrected chi connectivity index (χ3v) is 5.46. The number of hydrogen-bond donors (Lipinski definition) is 1. The van der Waals surface area contributed by atoms with E-state index in [1.165, 1.54) is 30.5 Å². The van der Waals surface area contributed by atoms with Gasteiger partial charge in [-0.2, -0.15) is 18.3 Å². The van der Waals surface area contributed by atoms with Crippen LogP contribution >= 0.6 is 0 Å². The Kier molecular flexibility index (Phi) is 6.08. The molecule has 1 saturated heterocycles. The van der Waals surface area contributed by atoms with Gasteiger partial charge in [0.15, 0.2) is 5.69 Å². The smallest absolute Gasteiger partial charge is 0.381 e. The molecule has 3 aromatic rings. The molecule has 8 heteroatoms. The molecular formula is C23H22F3N3O2. The highest BCUT2D eigenvalue weighted by Crippen LogP contribution is 2.34. The zero-order chi connectivity index (χ0) is 21.8. The Labute approximate surface area is 177 Å². The Morgan fingerprint density at radius 1 is 1.03 bits per heavy atom. The van der Waals surface area contributed by atoms with E-state index in [9.17, 15) is 18.0 Å². The molecule has 4 rings (SSSR count). The summed E-state index contributed by atoms with van der Waals surface area (Å²) in [7, 11) is 0. The van der Waals surface area contributed by atoms with Crippen molar-refractivity contribution in [1.82, 2.24) is 15.1 Å². The molecule has 1 N–H and O–H groups in total. The van der Waals surface area contributed by atoms with Gasteiger partial charge in [-0.05, 0) is 42.5 Å². The standard InChI is InChI=1S/C23H22F3N3O2/c24-23(25,26)18-8-4-5-9-20(18)29-13-10-19(28-29)22(30)27-21(16-6-2-1-3-7-16)17-11-14-31-15-12-17/h1-10,13,17,21H,11-12,14-15H2,(H,27,30). The van der Waals surface area contributed by atoms with Gasteiger partial charge >= 0.3 is 6.18 Å². The topological polar surface area (TPSA) is 56.1 Å². The van der Waals surface area contributed by atoms with Gasteiger partial charge in [0.05, 0.1) is 17.3 Å². The molecule has 0 aliphatic carbocycles. The number of nitrogens with zero attached hydrogens (tertiary/aromatic N) is 2. The van der Waals surface area contributed by atoms with Gasteiger partial charge in [0.1, 0.15) is 0 Å². The maximum atomic E-state index is 13.3. The molecule has 5 nitrogen and oxygen atoms in total. The van der Waals surface area contributed by atoms with Crippen molar-refractivity contribution in [3.63, 3.8) is 0 Å². The number of benzene rings is 2. The number of aromatic nitrogens is 2. The van der Waals surface area contributed by atoms with Gasteiger partial charge in [0, 0.05) is 19.4 Å². The van der Waals surface area contributed by atoms with Crippen LogP contribution in [-0.2, 0) is 10.9 Å². The van der Waals surface area contributed by atoms with E-state index in [0.29, 0.717) is 13.2 Å². The van der Waals surface area contributed by atoms with E-state index in [4.69, 9.17) is 4.74 Å². The molecule has 0 spiro atoms. The fraction of sp³-hybridized carbons (Fsp3) is 0.304. The molecule has 1 atom stereocenters. The molecule has 1 unspecified atom stereocenters. The number of rotatable bonds is 5. The molecule has 1 aliphatic rings. The van der Waals surface area contributed by atoms with Crippen LogP contribution in [0.2, 0.25) is 0 Å². The van der Waals surface area contributed by atoms with E-state index < -0.39 is 17.6 Å². The SMILES string of the molecule is O=C(NC(c1ccccc1)C1CCOCC1)c1ccn(-c2ccccc2C(F)(F)F)n1. The first-order valence-corrected chi connectivity index (χ1v) is 10.1. The normalized spacial score (nSPS) is 16.1. The Balaban J connectivity index is 1.58. The van der Waals surface area contributed by atoms with Crippen LogP contribution in [0.15, 0.2) is 66.9 Å². The summed E-state index contributed by atoms with van der Waals surface area (Å²) in [5.41, 5.74) is 0.0992. The molecule has 1 amide bonds. The summed E-state index contributed by atoms with van der Waals surface area (Å²) in [6, 6.07) is 16.0. The quantitative estimate of drug-likeness (QED) is 0.635. The lowest BCUT2D eigenvalue weighted by atomic mass is 9.87. The Morgan fingerprint density at radius 3 is 2.42 bits per heavy atom. The number of para-hydroxylation sites is 1. The lowest BCUT2D eigenvalue weighted by molar-refractivity contribution is -0.137. The first kappa shape index (κ1) is 21.1. The summed E-state index contributed by atoms with van der Waals surface area (Å²) < 4.78 is 46.5. The largest absolute Gasteiger partial charge is 0.418 e. The van der Waals surface area contributed by atoms with Crippen LogP contribution in [-0.4, -0.2) is 28.9 Å². The predicted octanol–water partition coefficient (Wildman–Crippen LogP) is 4.79. The molecular weight excluding hydrogens is 407 g/mol. The van der Waals surface area contributed by atoms with Crippen LogP contribution in [0.1, 0.15) is 40.5 Å². The molecule has 31 heavy (non-hydrogen) atoms. The number of alkyl halides is 3. The van der Waals surface area contributed by atoms with E-state index in [2.05, 4.69) is 10.4 Å². The summed E-state index contributed by atoms with van der Waals surface area (Å²) in [5.74, 6) is -0.225. The zero-order valence-corrected chi connectivity index (χ0v) is 16.7. The van der Waals surface area contributed by atoms with E-state index in [1.54, 1.807) is 0 Å². The number of hydrogen-bond acceptors (Lipinski definition) is 3. The van der Waals surface area contributed by atoms with Gasteiger partial charge in [0.25, 0.3) is 5.91 Å². The number of nitrogens with one attached hydrogen (secondary N) is 1. The lowest BCUT2D eigenvalue weighted by Crippen LogP contribution is -2.36. The van der Waals surface area contributed by atoms with Crippen molar-refractivity contribution in [3.05, 3.63) is 83.7 Å². The first-order chi connectivity index (χ1) is 14.9. The Morgan fingerprint density at radius 2 is 1.71 bits per heavy atom. The van der Waals surface area contributed by atoms with Crippen LogP contribution in [0.4, 0.5) is 13.2 Å². The van der Waals surface area contributed by atoms with Crippen molar-refractivity contribution in [2.75, 3.05) is 13.2 Å². The maximum Gasteiger partial charge on any atom is 0.418 e. The third kappa shape index (κ3) is 4.80. The fourth-order valence-electron chi connectivity index (χ4n) is 3.89. The molecule has 1 fully saturated rings. The molecule has 0 bridgehead atoms. The van der Waals surface area contributed by atoms with Crippen molar-refractivity contribution in [1.29, 1.82) is 0 Å². The molecule has 162 valence electrons. The van der Waals surface area contributed by atoms with Crippen LogP contribution in [0.25, 0.3) is 5.69 Å². The van der Waals surface area contributed by atoms with E-state index in [-0.39, 0.29) is 23.3 Å². The van der Waals surface area contributed by atoms with Gasteiger partial charge in [-0.3, -0.25) is 4.79 Å². The minimum atomic E-state index is -4.52. The second kappa shape index (κ2) is 8.93. The van der Waals surface area contributed by atoms with Gasteiger partial charge < -0.3 is 10.1 Å². The number of carbonyl (C=O) groups excluding carboxylic acids is 1. The molecule has 2 aromatic carbocycles. The molecule has 1 aromatic heterocycles. The highest BCUT2D eigenvalue weighted by atomic mass is 19.4. The first-order valence-electron chi connectivity index (χ1n) is 10.1. The minimum absolute atomic E-state index is 0.0602. The number of amides is 1. The number of ether oxygens (including phenoxy) is 1. The summed E-state index contributed by atoms with van der Waals surface area (Å²) in [6.45, 7) is 1.26. The Hall–Kier alpha value is -3.13. The van der Waals surface area contributed by atoms with Crippen LogP contribution in [0, 0.1) is 5.92 Å². The average molecular weight is 429 g/mol. The number of halogens is 3. The third-order valence-electron chi connectivity index (χ3n) is 5.46. The average Bonchev–Trinajstić information content (AvgIpc) is 3.28. The van der Waals surface area contributed by atoms with Gasteiger partial charge in [-0.25, -0.2) is 4.68 Å². The number of carbonyl (C=O) groups is 1. The zero-order valence-electron chi connectivity index (χ0n) is 16.7. The Bertz CT molecular complexity index is 1030. The van der Waals surface area contributed by atoms with Crippen molar-refractivity contribution >= 4 is 5.91 Å². The fourth-order valence-corrected chi connectivity index (χ4v) is 3.89. The van der Waals surface area contributed by atoms with E-state index in [0.717, 1.165) is 29.2 Å². The minimum Gasteiger partial charge on any atom is -0.381 e. The monoisotopic (exact) mass is 429 g/mol. The summed E-state index contributed by atoms with van der Waals surface area (Å²) in [5, 5.41) is 7.16. The molecule has 0 radical (unpaired) electrons. The second-order valence-corrected chi connectivity index (χ2v) is 7.47. The summed E-state index contributed by atoms with van der Waals surface area (Å²) in [6.07, 6.45) is -1.53. The highest BCUT2D eigenvalue weighted by Gasteiger charge is 2.34. The van der Waals surface area contributed by atoms with Gasteiger partial charge in [0.2, 0.25) is 0 Å². The van der Waals surface area contributed by atoms with Crippen molar-refractivity contribution in [2.24, 2.45) is 5.92 Å². The molecule has 0 saturated carbocycles. The van der Waals surface area contributed by atoms with Crippen LogP contribution in [0.3, 0.4) is 0 Å². The molecule has 1 aliphatic heterocycles. The summed E-state index contributed by atoms with van der Waals surface area (Å²) in [4.78, 5) is 13.0. The van der Waals surface area contributed by atoms with Crippen LogP contribution < -0.4 is 5.32 Å². The van der Waals surface area contributed by atoms with Gasteiger partial charge in [-0.1, -0.05) is 42.5 Å². The van der Waals surface area contributed by atoms with E-state index >= 15 is 0 Å². The van der Waals surface area contributed by atoms with Crippen LogP contribution in [0.5, 0.6) is 0 Å². The summed E-state index contributed by atoms with van der Waals surface area (Å²) >= 11 is 0. The van der Waals surface area contributed by atoms with Gasteiger partial charge in [-0.15, -0.1) is 0 Å². The lowest BCUT2D eigenvalue weighted by Gasteiger charge is -2.31. The van der Waals surface area contributed by atoms with Crippen molar-refractivity contribution in [2.45, 2.75) is 25.1 Å². The van der Waals surface area contributed by atoms with E-state index in [1.807, 2.05) is 30.3 Å². The van der Waals surface area contributed by atoms with Crippen molar-refractivity contribution < 1.29 is 22.7 Å². The predicted molar refractivity (Wildman–Crippen MR) is 109 cm³/mol.